The number of hydrogen-bond donors (Lipinski definition) is 2. The zero-order valence-corrected chi connectivity index (χ0v) is 20.5. The van der Waals surface area contributed by atoms with Crippen LogP contribution >= 0.6 is 0 Å². The summed E-state index contributed by atoms with van der Waals surface area (Å²) in [5.41, 5.74) is 10.1. The summed E-state index contributed by atoms with van der Waals surface area (Å²) in [7, 11) is 0. The molecule has 0 aliphatic carbocycles. The van der Waals surface area contributed by atoms with Crippen LogP contribution in [0.2, 0.25) is 0 Å². The predicted molar refractivity (Wildman–Crippen MR) is 138 cm³/mol. The van der Waals surface area contributed by atoms with E-state index in [1.807, 2.05) is 12.3 Å². The molecule has 0 amide bonds. The highest BCUT2D eigenvalue weighted by Crippen LogP contribution is 2.35. The maximum atomic E-state index is 12.3. The first kappa shape index (κ1) is 24.2. The number of nitrogens with zero attached hydrogens (tertiary/aromatic N) is 4. The standard InChI is InChI=1S/C27H38N6O/c1-3-7-22(8-4-2)29-26-25-23(30-27(28)31-26)13-16-33(24(25)19-34)18-21-11-9-20(10-12-21)17-32-14-5-6-15-32/h9-13,16,19,22,24H,3-8,14-15,17-18H2,1-2H3,(H3,28,29,30,31). The fraction of sp³-hybridized carbons (Fsp3) is 0.519. The first-order valence-corrected chi connectivity index (χ1v) is 12.7. The Balaban J connectivity index is 1.53. The molecule has 4 rings (SSSR count). The number of likely N-dealkylation sites (tertiary alicyclic amines) is 1. The van der Waals surface area contributed by atoms with Crippen molar-refractivity contribution in [2.45, 2.75) is 77.5 Å². The first-order chi connectivity index (χ1) is 16.6. The molecule has 1 fully saturated rings. The molecule has 2 aliphatic rings. The summed E-state index contributed by atoms with van der Waals surface area (Å²) in [5, 5.41) is 3.59. The molecule has 3 N–H and O–H groups in total. The Kier molecular flexibility index (Phi) is 8.16. The Hall–Kier alpha value is -2.93. The van der Waals surface area contributed by atoms with Crippen molar-refractivity contribution in [1.29, 1.82) is 0 Å². The van der Waals surface area contributed by atoms with E-state index in [0.29, 0.717) is 18.4 Å². The molecular weight excluding hydrogens is 424 g/mol. The molecule has 0 bridgehead atoms. The fourth-order valence-corrected chi connectivity index (χ4v) is 5.09. The number of aldehydes is 1. The molecule has 7 heteroatoms. The van der Waals surface area contributed by atoms with Gasteiger partial charge in [-0.1, -0.05) is 51.0 Å². The Bertz CT molecular complexity index is 977. The molecule has 0 radical (unpaired) electrons. The van der Waals surface area contributed by atoms with Crippen molar-refractivity contribution < 1.29 is 4.79 Å². The molecule has 0 saturated carbocycles. The maximum absolute atomic E-state index is 12.3. The summed E-state index contributed by atoms with van der Waals surface area (Å²) in [6.07, 6.45) is 11.7. The Labute approximate surface area is 203 Å². The van der Waals surface area contributed by atoms with Crippen molar-refractivity contribution >= 4 is 24.1 Å². The summed E-state index contributed by atoms with van der Waals surface area (Å²) in [6.45, 7) is 8.41. The van der Waals surface area contributed by atoms with Gasteiger partial charge in [0.2, 0.25) is 5.95 Å². The van der Waals surface area contributed by atoms with Gasteiger partial charge in [0.1, 0.15) is 18.1 Å². The normalized spacial score (nSPS) is 17.9. The average Bonchev–Trinajstić information content (AvgIpc) is 3.34. The largest absolute Gasteiger partial charge is 0.368 e. The summed E-state index contributed by atoms with van der Waals surface area (Å²) >= 11 is 0. The third kappa shape index (κ3) is 5.76. The molecule has 2 aromatic rings. The number of carbonyl (C=O) groups is 1. The lowest BCUT2D eigenvalue weighted by Gasteiger charge is -2.33. The van der Waals surface area contributed by atoms with Crippen molar-refractivity contribution in [3.63, 3.8) is 0 Å². The van der Waals surface area contributed by atoms with Crippen molar-refractivity contribution in [2.75, 3.05) is 24.1 Å². The number of aromatic nitrogens is 2. The molecular formula is C27H38N6O. The number of hydrogen-bond acceptors (Lipinski definition) is 7. The maximum Gasteiger partial charge on any atom is 0.222 e. The van der Waals surface area contributed by atoms with Gasteiger partial charge in [0.15, 0.2) is 0 Å². The van der Waals surface area contributed by atoms with Gasteiger partial charge in [0, 0.05) is 25.3 Å². The first-order valence-electron chi connectivity index (χ1n) is 12.7. The Morgan fingerprint density at radius 2 is 1.71 bits per heavy atom. The topological polar surface area (TPSA) is 87.4 Å². The van der Waals surface area contributed by atoms with E-state index in [1.54, 1.807) is 0 Å². The summed E-state index contributed by atoms with van der Waals surface area (Å²) in [6, 6.07) is 8.60. The van der Waals surface area contributed by atoms with Gasteiger partial charge >= 0.3 is 0 Å². The van der Waals surface area contributed by atoms with E-state index in [9.17, 15) is 4.79 Å². The van der Waals surface area contributed by atoms with Crippen LogP contribution in [0.15, 0.2) is 30.5 Å². The van der Waals surface area contributed by atoms with Gasteiger partial charge in [-0.25, -0.2) is 4.98 Å². The second kappa shape index (κ2) is 11.5. The summed E-state index contributed by atoms with van der Waals surface area (Å²) < 4.78 is 0. The van der Waals surface area contributed by atoms with Crippen LogP contribution in [0, 0.1) is 0 Å². The summed E-state index contributed by atoms with van der Waals surface area (Å²) in [4.78, 5) is 25.9. The van der Waals surface area contributed by atoms with E-state index >= 15 is 0 Å². The molecule has 1 saturated heterocycles. The number of nitrogen functional groups attached to an aromatic ring is 1. The van der Waals surface area contributed by atoms with E-state index in [1.165, 1.54) is 37.1 Å². The predicted octanol–water partition coefficient (Wildman–Crippen LogP) is 4.76. The number of fused-ring (bicyclic) bond motifs is 1. The smallest absolute Gasteiger partial charge is 0.222 e. The van der Waals surface area contributed by atoms with Crippen molar-refractivity contribution in [3.05, 3.63) is 52.8 Å². The van der Waals surface area contributed by atoms with E-state index in [4.69, 9.17) is 5.73 Å². The van der Waals surface area contributed by atoms with Crippen LogP contribution in [-0.4, -0.2) is 45.2 Å². The lowest BCUT2D eigenvalue weighted by molar-refractivity contribution is -0.112. The Morgan fingerprint density at radius 3 is 2.32 bits per heavy atom. The number of nitrogens with two attached hydrogens (primary N) is 1. The second-order valence-electron chi connectivity index (χ2n) is 9.52. The zero-order chi connectivity index (χ0) is 23.9. The van der Waals surface area contributed by atoms with E-state index < -0.39 is 6.04 Å². The highest BCUT2D eigenvalue weighted by atomic mass is 16.1. The molecule has 3 heterocycles. The molecule has 1 aromatic heterocycles. The molecule has 1 unspecified atom stereocenters. The van der Waals surface area contributed by atoms with Gasteiger partial charge in [0.05, 0.1) is 11.3 Å². The van der Waals surface area contributed by atoms with Crippen LogP contribution in [0.1, 0.15) is 80.8 Å². The van der Waals surface area contributed by atoms with Gasteiger partial charge in [0.25, 0.3) is 0 Å². The van der Waals surface area contributed by atoms with E-state index in [-0.39, 0.29) is 5.95 Å². The SMILES string of the molecule is CCCC(CCC)Nc1nc(N)nc2c1C(C=O)N(Cc1ccc(CN3CCCC3)cc1)C=C2. The monoisotopic (exact) mass is 462 g/mol. The molecule has 1 atom stereocenters. The average molecular weight is 463 g/mol. The van der Waals surface area contributed by atoms with Gasteiger partial charge in [-0.15, -0.1) is 0 Å². The molecule has 34 heavy (non-hydrogen) atoms. The highest BCUT2D eigenvalue weighted by molar-refractivity contribution is 5.74. The number of carbonyl (C=O) groups excluding carboxylic acids is 1. The van der Waals surface area contributed by atoms with Gasteiger partial charge < -0.3 is 20.7 Å². The van der Waals surface area contributed by atoms with Crippen LogP contribution in [0.4, 0.5) is 11.8 Å². The van der Waals surface area contributed by atoms with Crippen LogP contribution < -0.4 is 11.1 Å². The quantitative estimate of drug-likeness (QED) is 0.466. The number of benzene rings is 1. The number of rotatable bonds is 11. The third-order valence-corrected chi connectivity index (χ3v) is 6.81. The molecule has 0 spiro atoms. The minimum absolute atomic E-state index is 0.226. The molecule has 182 valence electrons. The fourth-order valence-electron chi connectivity index (χ4n) is 5.09. The van der Waals surface area contributed by atoms with Gasteiger partial charge in [-0.05, 0) is 56.0 Å². The van der Waals surface area contributed by atoms with Crippen molar-refractivity contribution in [2.24, 2.45) is 0 Å². The highest BCUT2D eigenvalue weighted by Gasteiger charge is 2.29. The second-order valence-corrected chi connectivity index (χ2v) is 9.52. The molecule has 1 aromatic carbocycles. The van der Waals surface area contributed by atoms with E-state index in [0.717, 1.165) is 49.8 Å². The lowest BCUT2D eigenvalue weighted by Crippen LogP contribution is -2.31. The molecule has 2 aliphatic heterocycles. The molecule has 7 nitrogen and oxygen atoms in total. The van der Waals surface area contributed by atoms with Crippen molar-refractivity contribution in [3.8, 4) is 0 Å². The zero-order valence-electron chi connectivity index (χ0n) is 20.5. The third-order valence-electron chi connectivity index (χ3n) is 6.81. The summed E-state index contributed by atoms with van der Waals surface area (Å²) in [5.74, 6) is 0.908. The van der Waals surface area contributed by atoms with Crippen LogP contribution in [0.3, 0.4) is 0 Å². The number of anilines is 2. The van der Waals surface area contributed by atoms with E-state index in [2.05, 4.69) is 63.2 Å². The van der Waals surface area contributed by atoms with Gasteiger partial charge in [-0.2, -0.15) is 4.98 Å². The Morgan fingerprint density at radius 1 is 1.06 bits per heavy atom. The van der Waals surface area contributed by atoms with Crippen LogP contribution in [0.5, 0.6) is 0 Å². The van der Waals surface area contributed by atoms with Crippen LogP contribution in [0.25, 0.3) is 6.08 Å². The minimum atomic E-state index is -0.462. The number of nitrogens with one attached hydrogen (secondary N) is 1. The lowest BCUT2D eigenvalue weighted by atomic mass is 9.99. The minimum Gasteiger partial charge on any atom is -0.368 e. The van der Waals surface area contributed by atoms with Gasteiger partial charge in [-0.3, -0.25) is 4.90 Å². The van der Waals surface area contributed by atoms with Crippen LogP contribution in [-0.2, 0) is 17.9 Å². The van der Waals surface area contributed by atoms with Crippen molar-refractivity contribution in [1.82, 2.24) is 19.8 Å².